The van der Waals surface area contributed by atoms with Gasteiger partial charge in [0.25, 0.3) is 0 Å². The van der Waals surface area contributed by atoms with E-state index in [1.54, 1.807) is 5.01 Å². The second-order valence-electron chi connectivity index (χ2n) is 9.85. The molecule has 2 amide bonds. The van der Waals surface area contributed by atoms with Crippen LogP contribution in [0.4, 0.5) is 5.69 Å². The third-order valence-corrected chi connectivity index (χ3v) is 7.31. The molecule has 3 aliphatic heterocycles. The average molecular weight is 492 g/mol. The summed E-state index contributed by atoms with van der Waals surface area (Å²) < 4.78 is 5.40. The fraction of sp³-hybridized carbons (Fsp3) is 0.444. The largest absolute Gasteiger partial charge is 0.460 e. The van der Waals surface area contributed by atoms with Gasteiger partial charge in [0.05, 0.1) is 30.1 Å². The lowest BCUT2D eigenvalue weighted by atomic mass is 9.84. The van der Waals surface area contributed by atoms with E-state index in [-0.39, 0.29) is 48.8 Å². The normalized spacial score (nSPS) is 25.0. The third-order valence-electron chi connectivity index (χ3n) is 7.31. The van der Waals surface area contributed by atoms with E-state index >= 15 is 0 Å². The summed E-state index contributed by atoms with van der Waals surface area (Å²) >= 11 is 0. The van der Waals surface area contributed by atoms with Gasteiger partial charge in [0.2, 0.25) is 11.8 Å². The van der Waals surface area contributed by atoms with Crippen LogP contribution in [-0.4, -0.2) is 91.4 Å². The predicted molar refractivity (Wildman–Crippen MR) is 135 cm³/mol. The minimum absolute atomic E-state index is 0.00869. The number of fused-ring (bicyclic) bond motifs is 1. The van der Waals surface area contributed by atoms with Crippen molar-refractivity contribution in [3.63, 3.8) is 0 Å². The number of piperazine rings is 1. The minimum Gasteiger partial charge on any atom is -0.460 e. The van der Waals surface area contributed by atoms with Gasteiger partial charge in [-0.1, -0.05) is 48.5 Å². The summed E-state index contributed by atoms with van der Waals surface area (Å²) in [6, 6.07) is 18.9. The molecule has 1 N–H and O–H groups in total. The summed E-state index contributed by atoms with van der Waals surface area (Å²) in [6.07, 6.45) is 0. The zero-order valence-electron chi connectivity index (χ0n) is 20.6. The first-order valence-corrected chi connectivity index (χ1v) is 12.5. The number of hydrogen-bond acceptors (Lipinski definition) is 7. The maximum Gasteiger partial charge on any atom is 0.320 e. The monoisotopic (exact) mass is 491 g/mol. The molecule has 3 atom stereocenters. The number of nitrogens with one attached hydrogen (secondary N) is 1. The summed E-state index contributed by atoms with van der Waals surface area (Å²) in [5, 5.41) is 1.60. The van der Waals surface area contributed by atoms with Crippen LogP contribution < -0.4 is 10.4 Å². The number of likely N-dealkylation sites (tertiary alicyclic amines) is 1. The Kier molecular flexibility index (Phi) is 7.31. The van der Waals surface area contributed by atoms with Gasteiger partial charge >= 0.3 is 5.97 Å². The van der Waals surface area contributed by atoms with Crippen LogP contribution in [0, 0.1) is 11.8 Å². The van der Waals surface area contributed by atoms with Crippen molar-refractivity contribution >= 4 is 23.5 Å². The van der Waals surface area contributed by atoms with Gasteiger partial charge in [-0.2, -0.15) is 0 Å². The van der Waals surface area contributed by atoms with E-state index in [1.807, 2.05) is 77.5 Å². The van der Waals surface area contributed by atoms with E-state index in [4.69, 9.17) is 4.74 Å². The first kappa shape index (κ1) is 24.4. The number of nitrogens with zero attached hydrogens (tertiary/aromatic N) is 4. The standard InChI is InChI=1S/C27H33N5O4/c1-29-16-22(25-23(17-29)27(35)32(28-25)21-10-6-3-7-11-21)26(34)31-14-12-30(13-15-31)18-24(33)36-19-20-8-4-2-5-9-20/h2-11,22-23,25,28H,12-19H2,1H3. The van der Waals surface area contributed by atoms with E-state index in [0.29, 0.717) is 39.3 Å². The first-order valence-electron chi connectivity index (χ1n) is 12.5. The number of hydrazine groups is 1. The van der Waals surface area contributed by atoms with Crippen LogP contribution >= 0.6 is 0 Å². The molecule has 36 heavy (non-hydrogen) atoms. The number of hydrogen-bond donors (Lipinski definition) is 1. The van der Waals surface area contributed by atoms with Crippen molar-refractivity contribution < 1.29 is 19.1 Å². The Bertz CT molecular complexity index is 1070. The highest BCUT2D eigenvalue weighted by atomic mass is 16.5. The molecule has 3 unspecified atom stereocenters. The minimum atomic E-state index is -0.311. The molecular weight excluding hydrogens is 458 g/mol. The number of carbonyl (C=O) groups excluding carboxylic acids is 3. The van der Waals surface area contributed by atoms with E-state index in [2.05, 4.69) is 10.3 Å². The van der Waals surface area contributed by atoms with Gasteiger partial charge in [0.1, 0.15) is 6.61 Å². The highest BCUT2D eigenvalue weighted by molar-refractivity contribution is 5.98. The maximum absolute atomic E-state index is 13.6. The van der Waals surface area contributed by atoms with Gasteiger partial charge in [-0.25, -0.2) is 10.4 Å². The molecule has 0 bridgehead atoms. The Labute approximate surface area is 211 Å². The Morgan fingerprint density at radius 1 is 0.944 bits per heavy atom. The molecule has 0 radical (unpaired) electrons. The molecule has 3 heterocycles. The number of anilines is 1. The van der Waals surface area contributed by atoms with Crippen molar-refractivity contribution in [3.05, 3.63) is 66.2 Å². The molecule has 9 nitrogen and oxygen atoms in total. The van der Waals surface area contributed by atoms with Gasteiger partial charge < -0.3 is 14.5 Å². The lowest BCUT2D eigenvalue weighted by Gasteiger charge is -2.41. The first-order chi connectivity index (χ1) is 17.5. The molecule has 2 aromatic carbocycles. The Hall–Kier alpha value is -3.27. The van der Waals surface area contributed by atoms with Gasteiger partial charge in [0.15, 0.2) is 0 Å². The maximum atomic E-state index is 13.6. The van der Waals surface area contributed by atoms with Gasteiger partial charge in [-0.3, -0.25) is 19.3 Å². The zero-order chi connectivity index (χ0) is 25.1. The molecule has 0 saturated carbocycles. The lowest BCUT2D eigenvalue weighted by molar-refractivity contribution is -0.147. The molecule has 0 spiro atoms. The molecule has 5 rings (SSSR count). The summed E-state index contributed by atoms with van der Waals surface area (Å²) in [6.45, 7) is 4.06. The number of benzene rings is 2. The molecule has 190 valence electrons. The number of piperidine rings is 1. The number of rotatable bonds is 6. The Morgan fingerprint density at radius 3 is 2.31 bits per heavy atom. The fourth-order valence-electron chi connectivity index (χ4n) is 5.38. The molecule has 0 aromatic heterocycles. The van der Waals surface area contributed by atoms with Crippen LogP contribution in [-0.2, 0) is 25.7 Å². The molecule has 0 aliphatic carbocycles. The van der Waals surface area contributed by atoms with Crippen molar-refractivity contribution in [3.8, 4) is 0 Å². The second-order valence-corrected chi connectivity index (χ2v) is 9.85. The second kappa shape index (κ2) is 10.8. The van der Waals surface area contributed by atoms with E-state index < -0.39 is 0 Å². The van der Waals surface area contributed by atoms with Crippen molar-refractivity contribution in [1.29, 1.82) is 0 Å². The number of para-hydroxylation sites is 1. The molecule has 3 saturated heterocycles. The Morgan fingerprint density at radius 2 is 1.61 bits per heavy atom. The number of ether oxygens (including phenoxy) is 1. The number of amides is 2. The zero-order valence-corrected chi connectivity index (χ0v) is 20.6. The van der Waals surface area contributed by atoms with Crippen LogP contribution in [0.25, 0.3) is 0 Å². The van der Waals surface area contributed by atoms with E-state index in [9.17, 15) is 14.4 Å². The van der Waals surface area contributed by atoms with Crippen LogP contribution in [0.1, 0.15) is 5.56 Å². The topological polar surface area (TPSA) is 85.4 Å². The van der Waals surface area contributed by atoms with Crippen LogP contribution in [0.2, 0.25) is 0 Å². The highest BCUT2D eigenvalue weighted by Crippen LogP contribution is 2.32. The smallest absolute Gasteiger partial charge is 0.320 e. The summed E-state index contributed by atoms with van der Waals surface area (Å²) in [5.41, 5.74) is 5.10. The van der Waals surface area contributed by atoms with Gasteiger partial charge in [0, 0.05) is 39.3 Å². The van der Waals surface area contributed by atoms with Crippen molar-refractivity contribution in [2.45, 2.75) is 12.6 Å². The molecular formula is C27H33N5O4. The Balaban J connectivity index is 1.15. The quantitative estimate of drug-likeness (QED) is 0.603. The predicted octanol–water partition coefficient (Wildman–Crippen LogP) is 0.972. The summed E-state index contributed by atoms with van der Waals surface area (Å²) in [4.78, 5) is 45.1. The third kappa shape index (κ3) is 5.28. The highest BCUT2D eigenvalue weighted by Gasteiger charge is 2.51. The van der Waals surface area contributed by atoms with Gasteiger partial charge in [-0.15, -0.1) is 0 Å². The van der Waals surface area contributed by atoms with Crippen LogP contribution in [0.3, 0.4) is 0 Å². The molecule has 3 aliphatic rings. The molecule has 2 aromatic rings. The summed E-state index contributed by atoms with van der Waals surface area (Å²) in [5.74, 6) is -0.759. The van der Waals surface area contributed by atoms with Crippen LogP contribution in [0.15, 0.2) is 60.7 Å². The van der Waals surface area contributed by atoms with Crippen molar-refractivity contribution in [2.24, 2.45) is 11.8 Å². The summed E-state index contributed by atoms with van der Waals surface area (Å²) in [7, 11) is 1.97. The average Bonchev–Trinajstić information content (AvgIpc) is 3.24. The van der Waals surface area contributed by atoms with Crippen LogP contribution in [0.5, 0.6) is 0 Å². The molecule has 3 fully saturated rings. The molecule has 9 heteroatoms. The van der Waals surface area contributed by atoms with Gasteiger partial charge in [-0.05, 0) is 24.7 Å². The van der Waals surface area contributed by atoms with E-state index in [1.165, 1.54) is 0 Å². The van der Waals surface area contributed by atoms with Crippen molar-refractivity contribution in [1.82, 2.24) is 20.1 Å². The van der Waals surface area contributed by atoms with Crippen molar-refractivity contribution in [2.75, 3.05) is 57.9 Å². The number of carbonyl (C=O) groups is 3. The fourth-order valence-corrected chi connectivity index (χ4v) is 5.38. The lowest BCUT2D eigenvalue weighted by Crippen LogP contribution is -2.59. The SMILES string of the molecule is CN1CC(C(=O)N2CCN(CC(=O)OCc3ccccc3)CC2)C2NN(c3ccccc3)C(=O)C2C1. The van der Waals surface area contributed by atoms with E-state index in [0.717, 1.165) is 11.3 Å². The number of esters is 1.